The molecular formula is C16H22N4O3S2. The van der Waals surface area contributed by atoms with E-state index in [2.05, 4.69) is 5.10 Å². The van der Waals surface area contributed by atoms with Gasteiger partial charge < -0.3 is 4.90 Å². The third kappa shape index (κ3) is 3.11. The number of carbonyl (C=O) groups is 1. The summed E-state index contributed by atoms with van der Waals surface area (Å²) in [6.07, 6.45) is 0. The van der Waals surface area contributed by atoms with E-state index in [0.717, 1.165) is 10.4 Å². The number of carbonyl (C=O) groups excluding carboxylic acids is 1. The summed E-state index contributed by atoms with van der Waals surface area (Å²) in [5.74, 6) is -0.0155. The van der Waals surface area contributed by atoms with Gasteiger partial charge >= 0.3 is 0 Å². The highest BCUT2D eigenvalue weighted by Gasteiger charge is 2.34. The van der Waals surface area contributed by atoms with Crippen LogP contribution in [0.5, 0.6) is 0 Å². The number of sulfonamides is 1. The zero-order valence-corrected chi connectivity index (χ0v) is 16.4. The van der Waals surface area contributed by atoms with Crippen LogP contribution < -0.4 is 0 Å². The van der Waals surface area contributed by atoms with E-state index in [0.29, 0.717) is 37.6 Å². The number of piperazine rings is 1. The van der Waals surface area contributed by atoms with Crippen molar-refractivity contribution in [2.45, 2.75) is 25.7 Å². The number of amides is 1. The van der Waals surface area contributed by atoms with Gasteiger partial charge in [0, 0.05) is 33.2 Å². The summed E-state index contributed by atoms with van der Waals surface area (Å²) in [5, 5.41) is 6.11. The Morgan fingerprint density at radius 1 is 1.16 bits per heavy atom. The van der Waals surface area contributed by atoms with Crippen LogP contribution in [0.25, 0.3) is 0 Å². The normalized spacial score (nSPS) is 16.4. The Morgan fingerprint density at radius 2 is 1.80 bits per heavy atom. The molecule has 1 aliphatic heterocycles. The van der Waals surface area contributed by atoms with E-state index < -0.39 is 10.0 Å². The number of hydrogen-bond acceptors (Lipinski definition) is 5. The van der Waals surface area contributed by atoms with E-state index in [1.807, 2.05) is 18.4 Å². The van der Waals surface area contributed by atoms with Crippen molar-refractivity contribution in [3.63, 3.8) is 0 Å². The number of thiophene rings is 1. The molecule has 1 fully saturated rings. The summed E-state index contributed by atoms with van der Waals surface area (Å²) in [4.78, 5) is 15.3. The zero-order valence-electron chi connectivity index (χ0n) is 14.8. The second-order valence-electron chi connectivity index (χ2n) is 6.25. The fourth-order valence-corrected chi connectivity index (χ4v) is 5.84. The summed E-state index contributed by atoms with van der Waals surface area (Å²) >= 11 is 1.43. The van der Waals surface area contributed by atoms with E-state index in [-0.39, 0.29) is 10.8 Å². The van der Waals surface area contributed by atoms with Crippen molar-refractivity contribution >= 4 is 27.3 Å². The van der Waals surface area contributed by atoms with Crippen LogP contribution in [0.4, 0.5) is 0 Å². The molecule has 3 heterocycles. The second kappa shape index (κ2) is 6.54. The van der Waals surface area contributed by atoms with Gasteiger partial charge in [0.25, 0.3) is 5.91 Å². The zero-order chi connectivity index (χ0) is 18.4. The molecule has 2 aromatic rings. The number of aromatic nitrogens is 2. The van der Waals surface area contributed by atoms with Crippen LogP contribution >= 0.6 is 11.3 Å². The minimum Gasteiger partial charge on any atom is -0.335 e. The lowest BCUT2D eigenvalue weighted by atomic mass is 10.2. The Morgan fingerprint density at radius 3 is 2.28 bits per heavy atom. The van der Waals surface area contributed by atoms with Crippen molar-refractivity contribution in [3.05, 3.63) is 33.3 Å². The third-order valence-electron chi connectivity index (χ3n) is 4.62. The lowest BCUT2D eigenvalue weighted by molar-refractivity contribution is 0.0702. The molecule has 2 aromatic heterocycles. The van der Waals surface area contributed by atoms with Crippen LogP contribution in [0.2, 0.25) is 0 Å². The van der Waals surface area contributed by atoms with Gasteiger partial charge in [0.2, 0.25) is 10.0 Å². The molecule has 0 bridgehead atoms. The lowest BCUT2D eigenvalue weighted by Crippen LogP contribution is -2.50. The fourth-order valence-electron chi connectivity index (χ4n) is 3.12. The minimum atomic E-state index is -3.60. The molecule has 136 valence electrons. The van der Waals surface area contributed by atoms with Gasteiger partial charge in [0.15, 0.2) is 0 Å². The van der Waals surface area contributed by atoms with Crippen molar-refractivity contribution in [2.75, 3.05) is 26.2 Å². The molecular weight excluding hydrogens is 360 g/mol. The van der Waals surface area contributed by atoms with Crippen molar-refractivity contribution in [1.29, 1.82) is 0 Å². The van der Waals surface area contributed by atoms with E-state index in [4.69, 9.17) is 0 Å². The van der Waals surface area contributed by atoms with Crippen LogP contribution in [0.1, 0.15) is 26.6 Å². The molecule has 9 heteroatoms. The monoisotopic (exact) mass is 382 g/mol. The average Bonchev–Trinajstić information content (AvgIpc) is 3.10. The smallest absolute Gasteiger partial charge is 0.264 e. The first-order valence-corrected chi connectivity index (χ1v) is 10.4. The Bertz CT molecular complexity index is 906. The van der Waals surface area contributed by atoms with Gasteiger partial charge in [-0.1, -0.05) is 0 Å². The third-order valence-corrected chi connectivity index (χ3v) is 7.78. The molecule has 25 heavy (non-hydrogen) atoms. The molecule has 0 atom stereocenters. The maximum atomic E-state index is 13.0. The summed E-state index contributed by atoms with van der Waals surface area (Å²) in [5.41, 5.74) is 2.10. The molecule has 0 aliphatic carbocycles. The van der Waals surface area contributed by atoms with Gasteiger partial charge in [0.05, 0.1) is 16.3 Å². The van der Waals surface area contributed by atoms with Crippen molar-refractivity contribution in [3.8, 4) is 0 Å². The Balaban J connectivity index is 1.76. The predicted octanol–water partition coefficient (Wildman–Crippen LogP) is 1.55. The molecule has 1 amide bonds. The first kappa shape index (κ1) is 18.1. The van der Waals surface area contributed by atoms with Crippen LogP contribution in [0, 0.1) is 20.8 Å². The topological polar surface area (TPSA) is 75.5 Å². The van der Waals surface area contributed by atoms with Crippen LogP contribution in [-0.2, 0) is 17.1 Å². The van der Waals surface area contributed by atoms with Crippen molar-refractivity contribution < 1.29 is 13.2 Å². The summed E-state index contributed by atoms with van der Waals surface area (Å²) in [7, 11) is -1.86. The number of rotatable bonds is 3. The first-order chi connectivity index (χ1) is 11.7. The highest BCUT2D eigenvalue weighted by Crippen LogP contribution is 2.25. The SMILES string of the molecule is Cc1ccsc1C(=O)N1CCN(S(=O)(=O)c2c(C)nn(C)c2C)CC1. The number of aryl methyl sites for hydroxylation is 3. The second-order valence-corrected chi connectivity index (χ2v) is 9.04. The summed E-state index contributed by atoms with van der Waals surface area (Å²) < 4.78 is 29.0. The molecule has 0 aromatic carbocycles. The Kier molecular flexibility index (Phi) is 4.74. The molecule has 1 aliphatic rings. The first-order valence-electron chi connectivity index (χ1n) is 8.07. The summed E-state index contributed by atoms with van der Waals surface area (Å²) in [6.45, 7) is 6.77. The molecule has 1 saturated heterocycles. The van der Waals surface area contributed by atoms with Gasteiger partial charge in [-0.2, -0.15) is 9.40 Å². The average molecular weight is 383 g/mol. The fraction of sp³-hybridized carbons (Fsp3) is 0.500. The molecule has 0 radical (unpaired) electrons. The highest BCUT2D eigenvalue weighted by molar-refractivity contribution is 7.89. The van der Waals surface area contributed by atoms with Crippen molar-refractivity contribution in [1.82, 2.24) is 19.0 Å². The number of hydrogen-bond donors (Lipinski definition) is 0. The minimum absolute atomic E-state index is 0.0155. The standard InChI is InChI=1S/C16H22N4O3S2/c1-11-5-10-24-14(11)16(21)19-6-8-20(9-7-19)25(22,23)15-12(2)17-18(4)13(15)3/h5,10H,6-9H2,1-4H3. The van der Waals surface area contributed by atoms with Crippen LogP contribution in [-0.4, -0.2) is 59.5 Å². The van der Waals surface area contributed by atoms with Crippen molar-refractivity contribution in [2.24, 2.45) is 7.05 Å². The highest BCUT2D eigenvalue weighted by atomic mass is 32.2. The maximum absolute atomic E-state index is 13.0. The molecule has 0 N–H and O–H groups in total. The Labute approximate surface area is 151 Å². The maximum Gasteiger partial charge on any atom is 0.264 e. The molecule has 0 saturated carbocycles. The van der Waals surface area contributed by atoms with Gasteiger partial charge in [-0.3, -0.25) is 9.48 Å². The largest absolute Gasteiger partial charge is 0.335 e. The number of nitrogens with zero attached hydrogens (tertiary/aromatic N) is 4. The lowest BCUT2D eigenvalue weighted by Gasteiger charge is -2.34. The molecule has 0 spiro atoms. The Hall–Kier alpha value is -1.71. The van der Waals surface area contributed by atoms with Gasteiger partial charge in [0.1, 0.15) is 4.90 Å². The predicted molar refractivity (Wildman–Crippen MR) is 96.4 cm³/mol. The summed E-state index contributed by atoms with van der Waals surface area (Å²) in [6, 6.07) is 1.92. The molecule has 7 nitrogen and oxygen atoms in total. The van der Waals surface area contributed by atoms with E-state index >= 15 is 0 Å². The van der Waals surface area contributed by atoms with Crippen LogP contribution in [0.15, 0.2) is 16.3 Å². The van der Waals surface area contributed by atoms with Gasteiger partial charge in [-0.15, -0.1) is 11.3 Å². The molecule has 3 rings (SSSR count). The van der Waals surface area contributed by atoms with E-state index in [9.17, 15) is 13.2 Å². The quantitative estimate of drug-likeness (QED) is 0.807. The van der Waals surface area contributed by atoms with Gasteiger partial charge in [-0.25, -0.2) is 8.42 Å². The van der Waals surface area contributed by atoms with Gasteiger partial charge in [-0.05, 0) is 37.8 Å². The van der Waals surface area contributed by atoms with E-state index in [1.54, 1.807) is 30.5 Å². The molecule has 0 unspecified atom stereocenters. The van der Waals surface area contributed by atoms with Crippen LogP contribution in [0.3, 0.4) is 0 Å². The van der Waals surface area contributed by atoms with E-state index in [1.165, 1.54) is 15.6 Å².